The van der Waals surface area contributed by atoms with Crippen molar-refractivity contribution in [2.45, 2.75) is 25.3 Å². The van der Waals surface area contributed by atoms with Gasteiger partial charge in [-0.25, -0.2) is 4.98 Å². The molecule has 3 nitrogen and oxygen atoms in total. The number of rotatable bonds is 4. The quantitative estimate of drug-likeness (QED) is 0.564. The van der Waals surface area contributed by atoms with Crippen LogP contribution in [0.15, 0.2) is 83.7 Å². The Morgan fingerprint density at radius 3 is 2.19 bits per heavy atom. The molecule has 3 aromatic rings. The molecule has 1 atom stereocenters. The van der Waals surface area contributed by atoms with Crippen molar-refractivity contribution in [3.63, 3.8) is 0 Å². The van der Waals surface area contributed by atoms with Crippen LogP contribution in [0.25, 0.3) is 0 Å². The average molecular weight is 384 g/mol. The van der Waals surface area contributed by atoms with Gasteiger partial charge in [0.1, 0.15) is 0 Å². The van der Waals surface area contributed by atoms with Gasteiger partial charge < -0.3 is 4.57 Å². The Hall–Kier alpha value is -2.30. The number of hydrogen-bond donors (Lipinski definition) is 0. The van der Waals surface area contributed by atoms with Gasteiger partial charge in [0.15, 0.2) is 0 Å². The highest BCUT2D eigenvalue weighted by atomic mass is 35.5. The van der Waals surface area contributed by atoms with Gasteiger partial charge in [0.05, 0.1) is 30.0 Å². The van der Waals surface area contributed by atoms with Gasteiger partial charge in [0.25, 0.3) is 0 Å². The monoisotopic (exact) mass is 383 g/mol. The van der Waals surface area contributed by atoms with Crippen molar-refractivity contribution >= 4 is 34.1 Å². The predicted octanol–water partition coefficient (Wildman–Crippen LogP) is 5.37. The van der Waals surface area contributed by atoms with E-state index >= 15 is 0 Å². The van der Waals surface area contributed by atoms with Crippen LogP contribution in [0.2, 0.25) is 0 Å². The van der Waals surface area contributed by atoms with E-state index in [2.05, 4.69) is 99.8 Å². The maximum Gasteiger partial charge on any atom is 0.0955 e. The molecule has 0 radical (unpaired) electrons. The van der Waals surface area contributed by atoms with Crippen LogP contribution in [0.5, 0.6) is 0 Å². The summed E-state index contributed by atoms with van der Waals surface area (Å²) in [5.74, 6) is 0. The number of nitrogens with zero attached hydrogens (tertiary/aromatic N) is 3. The van der Waals surface area contributed by atoms with Crippen molar-refractivity contribution < 1.29 is 0 Å². The molecular weight excluding hydrogens is 362 g/mol. The molecule has 26 heavy (non-hydrogen) atoms. The first-order chi connectivity index (χ1) is 12.2. The lowest BCUT2D eigenvalue weighted by molar-refractivity contribution is 0.751. The second kappa shape index (κ2) is 7.94. The summed E-state index contributed by atoms with van der Waals surface area (Å²) >= 11 is 0. The first-order valence-electron chi connectivity index (χ1n) is 8.40. The largest absolute Gasteiger partial charge is 0.329 e. The summed E-state index contributed by atoms with van der Waals surface area (Å²) in [7, 11) is -0.101. The fourth-order valence-corrected chi connectivity index (χ4v) is 4.91. The van der Waals surface area contributed by atoms with Gasteiger partial charge in [0.2, 0.25) is 0 Å². The van der Waals surface area contributed by atoms with E-state index in [1.807, 2.05) is 6.33 Å². The lowest BCUT2D eigenvalue weighted by Crippen LogP contribution is -2.18. The van der Waals surface area contributed by atoms with Gasteiger partial charge in [-0.1, -0.05) is 47.1 Å². The third-order valence-electron chi connectivity index (χ3n) is 4.50. The Labute approximate surface area is 163 Å². The molecule has 0 aliphatic carbocycles. The van der Waals surface area contributed by atoms with Crippen molar-refractivity contribution in [1.29, 1.82) is 0 Å². The molecule has 1 unspecified atom stereocenters. The van der Waals surface area contributed by atoms with E-state index < -0.39 is 0 Å². The molecule has 1 aliphatic heterocycles. The molecule has 0 bridgehead atoms. The number of hydrogen-bond acceptors (Lipinski definition) is 2. The zero-order chi connectivity index (χ0) is 17.2. The smallest absolute Gasteiger partial charge is 0.0955 e. The van der Waals surface area contributed by atoms with Crippen LogP contribution in [-0.4, -0.2) is 14.9 Å². The maximum absolute atomic E-state index is 4.44. The molecule has 5 heteroatoms. The average Bonchev–Trinajstić information content (AvgIpc) is 3.22. The van der Waals surface area contributed by atoms with E-state index in [1.54, 1.807) is 0 Å². The van der Waals surface area contributed by atoms with Crippen LogP contribution in [0.1, 0.15) is 11.4 Å². The number of allylic oxidation sites excluding steroid dienone is 2. The number of aryl methyl sites for hydroxylation is 1. The third kappa shape index (κ3) is 3.48. The van der Waals surface area contributed by atoms with Crippen LogP contribution in [0.3, 0.4) is 0 Å². The lowest BCUT2D eigenvalue weighted by Gasteiger charge is -2.27. The topological polar surface area (TPSA) is 21.1 Å². The Bertz CT molecular complexity index is 946. The van der Waals surface area contributed by atoms with Crippen molar-refractivity contribution in [2.75, 3.05) is 4.31 Å². The minimum Gasteiger partial charge on any atom is -0.329 e. The second-order valence-electron chi connectivity index (χ2n) is 6.09. The first kappa shape index (κ1) is 18.5. The molecule has 0 spiro atoms. The van der Waals surface area contributed by atoms with Crippen LogP contribution in [0.4, 0.5) is 5.69 Å². The number of anilines is 1. The van der Waals surface area contributed by atoms with Gasteiger partial charge in [-0.15, -0.1) is 12.4 Å². The minimum atomic E-state index is -0.101. The Balaban J connectivity index is 0.00000196. The van der Waals surface area contributed by atoms with E-state index in [-0.39, 0.29) is 23.1 Å². The molecule has 0 fully saturated rings. The van der Waals surface area contributed by atoms with E-state index in [0.29, 0.717) is 0 Å². The van der Waals surface area contributed by atoms with Gasteiger partial charge in [-0.3, -0.25) is 4.31 Å². The number of imidazole rings is 1. The van der Waals surface area contributed by atoms with Gasteiger partial charge >= 0.3 is 0 Å². The minimum absolute atomic E-state index is 0. The lowest BCUT2D eigenvalue weighted by atomic mass is 10.3. The molecule has 0 saturated carbocycles. The summed E-state index contributed by atoms with van der Waals surface area (Å²) in [6.45, 7) is 5.02. The number of aromatic nitrogens is 2. The van der Waals surface area contributed by atoms with Crippen LogP contribution in [0, 0.1) is 13.8 Å². The fourth-order valence-electron chi connectivity index (χ4n) is 2.98. The predicted molar refractivity (Wildman–Crippen MR) is 114 cm³/mol. The summed E-state index contributed by atoms with van der Waals surface area (Å²) in [6.07, 6.45) is 4.20. The Morgan fingerprint density at radius 1 is 0.923 bits per heavy atom. The van der Waals surface area contributed by atoms with Crippen molar-refractivity contribution in [2.24, 2.45) is 0 Å². The zero-order valence-corrected chi connectivity index (χ0v) is 16.5. The third-order valence-corrected chi connectivity index (χ3v) is 6.49. The van der Waals surface area contributed by atoms with Crippen molar-refractivity contribution in [3.05, 3.63) is 90.2 Å². The highest BCUT2D eigenvalue weighted by Crippen LogP contribution is 2.41. The molecule has 0 amide bonds. The van der Waals surface area contributed by atoms with E-state index in [1.165, 1.54) is 22.0 Å². The van der Waals surface area contributed by atoms with E-state index in [0.717, 1.165) is 12.2 Å². The maximum atomic E-state index is 4.44. The van der Waals surface area contributed by atoms with Crippen molar-refractivity contribution in [1.82, 2.24) is 9.55 Å². The van der Waals surface area contributed by atoms with Gasteiger partial charge in [-0.2, -0.15) is 0 Å². The molecule has 1 aromatic heterocycles. The van der Waals surface area contributed by atoms with E-state index in [4.69, 9.17) is 0 Å². The summed E-state index contributed by atoms with van der Waals surface area (Å²) in [6, 6.07) is 21.3. The molecule has 1 aliphatic rings. The molecule has 2 aromatic carbocycles. The fraction of sp³-hybridized carbons (Fsp3) is 0.143. The van der Waals surface area contributed by atoms with Crippen LogP contribution >= 0.6 is 23.1 Å². The summed E-state index contributed by atoms with van der Waals surface area (Å²) in [5, 5.41) is 2.32. The highest BCUT2D eigenvalue weighted by molar-refractivity contribution is 8.16. The second-order valence-corrected chi connectivity index (χ2v) is 7.83. The van der Waals surface area contributed by atoms with Crippen molar-refractivity contribution in [3.8, 4) is 0 Å². The normalized spacial score (nSPS) is 16.0. The number of benzene rings is 2. The zero-order valence-electron chi connectivity index (χ0n) is 14.9. The Kier molecular flexibility index (Phi) is 5.64. The number of halogens is 1. The summed E-state index contributed by atoms with van der Waals surface area (Å²) in [5.41, 5.74) is 4.83. The summed E-state index contributed by atoms with van der Waals surface area (Å²) < 4.78 is 4.67. The highest BCUT2D eigenvalue weighted by Gasteiger charge is 2.22. The number of para-hydroxylation sites is 1. The van der Waals surface area contributed by atoms with Gasteiger partial charge in [-0.05, 0) is 49.6 Å². The van der Waals surface area contributed by atoms with Gasteiger partial charge in [0, 0.05) is 10.6 Å². The Morgan fingerprint density at radius 2 is 1.58 bits per heavy atom. The first-order valence-corrected chi connectivity index (χ1v) is 9.64. The standard InChI is InChI=1S/C21H21N3S.ClH/c1-17-18(2)23(16-22-17)15-20-13-14-25(21-11-7-4-8-12-21)24(20)19-9-5-3-6-10-19;/h3-14,16H,15H2,1-2H3;1H. The van der Waals surface area contributed by atoms with Crippen LogP contribution < -0.4 is 4.31 Å². The molecule has 2 heterocycles. The SMILES string of the molecule is Cc1ncn(CC2=CC=S(c3ccccc3)N2c2ccccc2)c1C.Cl. The van der Waals surface area contributed by atoms with E-state index in [9.17, 15) is 0 Å². The molecule has 0 saturated heterocycles. The molecular formula is C21H22ClN3S. The summed E-state index contributed by atoms with van der Waals surface area (Å²) in [4.78, 5) is 5.77. The van der Waals surface area contributed by atoms with Crippen LogP contribution in [-0.2, 0) is 6.54 Å². The molecule has 0 N–H and O–H groups in total. The molecule has 134 valence electrons. The molecule has 4 rings (SSSR count).